The molecule has 0 fully saturated rings. The fourth-order valence-electron chi connectivity index (χ4n) is 1.40. The molecular formula is C9H17NO4. The first kappa shape index (κ1) is 12.9. The number of hydrogen-bond acceptors (Lipinski definition) is 3. The summed E-state index contributed by atoms with van der Waals surface area (Å²) in [5.74, 6) is -3.03. The fourth-order valence-corrected chi connectivity index (χ4v) is 1.40. The molecule has 5 heteroatoms. The lowest BCUT2D eigenvalue weighted by Crippen LogP contribution is -2.50. The first-order valence-electron chi connectivity index (χ1n) is 4.36. The fraction of sp³-hybridized carbons (Fsp3) is 0.778. The predicted octanol–water partition coefficient (Wildman–Crippen LogP) is 0.360. The highest BCUT2D eigenvalue weighted by Crippen LogP contribution is 2.29. The molecule has 0 aromatic heterocycles. The molecule has 0 unspecified atom stereocenters. The molecule has 0 heterocycles. The van der Waals surface area contributed by atoms with Crippen LogP contribution in [-0.4, -0.2) is 47.7 Å². The van der Waals surface area contributed by atoms with E-state index in [2.05, 4.69) is 0 Å². The van der Waals surface area contributed by atoms with Crippen molar-refractivity contribution in [1.82, 2.24) is 4.90 Å². The molecule has 0 amide bonds. The second-order valence-electron chi connectivity index (χ2n) is 3.97. The molecule has 0 aliphatic carbocycles. The second kappa shape index (κ2) is 4.41. The van der Waals surface area contributed by atoms with Crippen LogP contribution in [0.15, 0.2) is 0 Å². The number of nitrogens with zero attached hydrogens (tertiary/aromatic N) is 1. The molecule has 0 atom stereocenters. The van der Waals surface area contributed by atoms with Crippen molar-refractivity contribution in [1.29, 1.82) is 0 Å². The minimum Gasteiger partial charge on any atom is -0.480 e. The van der Waals surface area contributed by atoms with Gasteiger partial charge in [0.25, 0.3) is 0 Å². The van der Waals surface area contributed by atoms with Gasteiger partial charge in [0, 0.05) is 6.54 Å². The standard InChI is InChI=1S/C9H17NO4/c1-6(2)9(7(11)12,8(13)14)5-10(3)4/h6H,5H2,1-4H3,(H,11,12)(H,13,14). The van der Waals surface area contributed by atoms with Crippen molar-refractivity contribution in [2.75, 3.05) is 20.6 Å². The van der Waals surface area contributed by atoms with Crippen LogP contribution in [0.5, 0.6) is 0 Å². The highest BCUT2D eigenvalue weighted by atomic mass is 16.4. The summed E-state index contributed by atoms with van der Waals surface area (Å²) in [6.45, 7) is 3.20. The lowest BCUT2D eigenvalue weighted by Gasteiger charge is -2.31. The van der Waals surface area contributed by atoms with Gasteiger partial charge in [-0.2, -0.15) is 0 Å². The summed E-state index contributed by atoms with van der Waals surface area (Å²) in [6, 6.07) is 0. The van der Waals surface area contributed by atoms with Gasteiger partial charge >= 0.3 is 11.9 Å². The first-order chi connectivity index (χ1) is 6.25. The van der Waals surface area contributed by atoms with Gasteiger partial charge in [0.2, 0.25) is 0 Å². The highest BCUT2D eigenvalue weighted by Gasteiger charge is 2.49. The van der Waals surface area contributed by atoms with E-state index in [1.165, 1.54) is 0 Å². The van der Waals surface area contributed by atoms with Gasteiger partial charge < -0.3 is 15.1 Å². The van der Waals surface area contributed by atoms with Crippen molar-refractivity contribution in [2.24, 2.45) is 11.3 Å². The topological polar surface area (TPSA) is 77.8 Å². The number of carboxylic acids is 2. The molecule has 82 valence electrons. The SMILES string of the molecule is CC(C)C(CN(C)C)(C(=O)O)C(=O)O. The molecule has 0 bridgehead atoms. The zero-order chi connectivity index (χ0) is 11.5. The van der Waals surface area contributed by atoms with Gasteiger partial charge in [0.05, 0.1) is 0 Å². The van der Waals surface area contributed by atoms with Crippen LogP contribution in [0.4, 0.5) is 0 Å². The van der Waals surface area contributed by atoms with Crippen molar-refractivity contribution in [3.05, 3.63) is 0 Å². The summed E-state index contributed by atoms with van der Waals surface area (Å²) in [4.78, 5) is 23.6. The van der Waals surface area contributed by atoms with Gasteiger partial charge in [-0.1, -0.05) is 13.8 Å². The Morgan fingerprint density at radius 3 is 1.64 bits per heavy atom. The molecule has 0 radical (unpaired) electrons. The third-order valence-electron chi connectivity index (χ3n) is 2.31. The van der Waals surface area contributed by atoms with Crippen LogP contribution in [0.1, 0.15) is 13.8 Å². The van der Waals surface area contributed by atoms with Gasteiger partial charge in [0.1, 0.15) is 0 Å². The summed E-state index contributed by atoms with van der Waals surface area (Å²) >= 11 is 0. The normalized spacial score (nSPS) is 12.1. The molecule has 0 aromatic carbocycles. The molecule has 0 rings (SSSR count). The van der Waals surface area contributed by atoms with E-state index < -0.39 is 23.3 Å². The number of rotatable bonds is 5. The Labute approximate surface area is 83.3 Å². The summed E-state index contributed by atoms with van der Waals surface area (Å²) < 4.78 is 0. The lowest BCUT2D eigenvalue weighted by atomic mass is 9.77. The largest absolute Gasteiger partial charge is 0.480 e. The Morgan fingerprint density at radius 2 is 1.57 bits per heavy atom. The smallest absolute Gasteiger partial charge is 0.322 e. The van der Waals surface area contributed by atoms with Gasteiger partial charge in [-0.3, -0.25) is 9.59 Å². The minimum absolute atomic E-state index is 0.00463. The number of aliphatic carboxylic acids is 2. The molecule has 0 aliphatic rings. The molecule has 0 spiro atoms. The van der Waals surface area contributed by atoms with Crippen LogP contribution in [0.25, 0.3) is 0 Å². The molecule has 0 saturated carbocycles. The summed E-state index contributed by atoms with van der Waals surface area (Å²) in [5, 5.41) is 18.0. The van der Waals surface area contributed by atoms with Crippen molar-refractivity contribution in [3.8, 4) is 0 Å². The molecule has 2 N–H and O–H groups in total. The summed E-state index contributed by atoms with van der Waals surface area (Å²) in [5.41, 5.74) is -1.72. The van der Waals surface area contributed by atoms with Crippen LogP contribution in [0.3, 0.4) is 0 Å². The van der Waals surface area contributed by atoms with Crippen molar-refractivity contribution in [3.63, 3.8) is 0 Å². The zero-order valence-electron chi connectivity index (χ0n) is 8.94. The maximum absolute atomic E-state index is 11.0. The predicted molar refractivity (Wildman–Crippen MR) is 51.1 cm³/mol. The van der Waals surface area contributed by atoms with Crippen molar-refractivity contribution >= 4 is 11.9 Å². The van der Waals surface area contributed by atoms with Crippen LogP contribution in [0.2, 0.25) is 0 Å². The number of carboxylic acid groups (broad SMARTS) is 2. The minimum atomic E-state index is -1.72. The summed E-state index contributed by atoms with van der Waals surface area (Å²) in [6.07, 6.45) is 0. The molecular weight excluding hydrogens is 186 g/mol. The van der Waals surface area contributed by atoms with E-state index >= 15 is 0 Å². The second-order valence-corrected chi connectivity index (χ2v) is 3.97. The van der Waals surface area contributed by atoms with E-state index in [4.69, 9.17) is 10.2 Å². The quantitative estimate of drug-likeness (QED) is 0.631. The van der Waals surface area contributed by atoms with E-state index in [-0.39, 0.29) is 6.54 Å². The lowest BCUT2D eigenvalue weighted by molar-refractivity contribution is -0.169. The summed E-state index contributed by atoms with van der Waals surface area (Å²) in [7, 11) is 3.31. The molecule has 14 heavy (non-hydrogen) atoms. The Kier molecular flexibility index (Phi) is 4.07. The maximum Gasteiger partial charge on any atom is 0.322 e. The van der Waals surface area contributed by atoms with E-state index in [1.54, 1.807) is 32.8 Å². The van der Waals surface area contributed by atoms with Crippen LogP contribution in [0, 0.1) is 11.3 Å². The Hall–Kier alpha value is -1.10. The Balaban J connectivity index is 5.16. The maximum atomic E-state index is 11.0. The van der Waals surface area contributed by atoms with Crippen LogP contribution < -0.4 is 0 Å². The van der Waals surface area contributed by atoms with Crippen molar-refractivity contribution < 1.29 is 19.8 Å². The van der Waals surface area contributed by atoms with Crippen LogP contribution >= 0.6 is 0 Å². The van der Waals surface area contributed by atoms with Gasteiger partial charge in [-0.05, 0) is 20.0 Å². The van der Waals surface area contributed by atoms with Gasteiger partial charge in [0.15, 0.2) is 5.41 Å². The molecule has 0 saturated heterocycles. The zero-order valence-corrected chi connectivity index (χ0v) is 8.94. The van der Waals surface area contributed by atoms with Crippen LogP contribution in [-0.2, 0) is 9.59 Å². The Bertz CT molecular complexity index is 221. The third kappa shape index (κ3) is 2.23. The molecule has 5 nitrogen and oxygen atoms in total. The van der Waals surface area contributed by atoms with E-state index in [0.717, 1.165) is 0 Å². The van der Waals surface area contributed by atoms with Gasteiger partial charge in [-0.15, -0.1) is 0 Å². The van der Waals surface area contributed by atoms with E-state index in [9.17, 15) is 9.59 Å². The number of hydrogen-bond donors (Lipinski definition) is 2. The van der Waals surface area contributed by atoms with Gasteiger partial charge in [-0.25, -0.2) is 0 Å². The average Bonchev–Trinajstić information content (AvgIpc) is 1.97. The molecule has 0 aliphatic heterocycles. The van der Waals surface area contributed by atoms with Crippen molar-refractivity contribution in [2.45, 2.75) is 13.8 Å². The average molecular weight is 203 g/mol. The van der Waals surface area contributed by atoms with E-state index in [1.807, 2.05) is 0 Å². The monoisotopic (exact) mass is 203 g/mol. The third-order valence-corrected chi connectivity index (χ3v) is 2.31. The molecule has 0 aromatic rings. The Morgan fingerprint density at radius 1 is 1.21 bits per heavy atom. The number of carbonyl (C=O) groups is 2. The highest BCUT2D eigenvalue weighted by molar-refractivity contribution is 5.98. The van der Waals surface area contributed by atoms with E-state index in [0.29, 0.717) is 0 Å². The first-order valence-corrected chi connectivity index (χ1v) is 4.36.